The lowest BCUT2D eigenvalue weighted by Gasteiger charge is -2.40. The fourth-order valence-electron chi connectivity index (χ4n) is 2.63. The van der Waals surface area contributed by atoms with Gasteiger partial charge in [0.2, 0.25) is 5.82 Å². The van der Waals surface area contributed by atoms with Crippen LogP contribution < -0.4 is 0 Å². The SMILES string of the molecule is COCC(CN1CCOC(C)(c2nn[nH]n2)C1)C(C)C. The van der Waals surface area contributed by atoms with Crippen LogP contribution >= 0.6 is 0 Å². The van der Waals surface area contributed by atoms with Crippen molar-refractivity contribution in [3.63, 3.8) is 0 Å². The highest BCUT2D eigenvalue weighted by Gasteiger charge is 2.38. The summed E-state index contributed by atoms with van der Waals surface area (Å²) in [6.45, 7) is 10.7. The Morgan fingerprint density at radius 1 is 1.50 bits per heavy atom. The minimum atomic E-state index is -0.486. The summed E-state index contributed by atoms with van der Waals surface area (Å²) in [7, 11) is 1.76. The van der Waals surface area contributed by atoms with Crippen molar-refractivity contribution in [2.24, 2.45) is 11.8 Å². The van der Waals surface area contributed by atoms with E-state index in [0.29, 0.717) is 24.3 Å². The Morgan fingerprint density at radius 3 is 2.90 bits per heavy atom. The zero-order valence-corrected chi connectivity index (χ0v) is 12.8. The van der Waals surface area contributed by atoms with Crippen LogP contribution in [0.2, 0.25) is 0 Å². The Hall–Kier alpha value is -1.05. The van der Waals surface area contributed by atoms with Crippen LogP contribution in [0, 0.1) is 11.8 Å². The lowest BCUT2D eigenvalue weighted by atomic mass is 9.94. The number of hydrogen-bond donors (Lipinski definition) is 1. The van der Waals surface area contributed by atoms with Crippen molar-refractivity contribution in [3.8, 4) is 0 Å². The highest BCUT2D eigenvalue weighted by molar-refractivity contribution is 4.99. The first kappa shape index (κ1) is 15.3. The van der Waals surface area contributed by atoms with E-state index in [2.05, 4.69) is 39.4 Å². The first-order chi connectivity index (χ1) is 9.55. The number of H-pyrrole nitrogens is 1. The van der Waals surface area contributed by atoms with Gasteiger partial charge in [-0.1, -0.05) is 19.1 Å². The van der Waals surface area contributed by atoms with Gasteiger partial charge in [0.05, 0.1) is 13.2 Å². The van der Waals surface area contributed by atoms with Crippen LogP contribution in [0.4, 0.5) is 0 Å². The first-order valence-corrected chi connectivity index (χ1v) is 7.14. The van der Waals surface area contributed by atoms with Crippen molar-refractivity contribution in [1.82, 2.24) is 25.5 Å². The third kappa shape index (κ3) is 3.53. The molecule has 7 nitrogen and oxygen atoms in total. The first-order valence-electron chi connectivity index (χ1n) is 7.14. The summed E-state index contributed by atoms with van der Waals surface area (Å²) in [6.07, 6.45) is 0. The molecule has 0 radical (unpaired) electrons. The Labute approximate surface area is 120 Å². The van der Waals surface area contributed by atoms with Crippen LogP contribution in [0.5, 0.6) is 0 Å². The normalized spacial score (nSPS) is 26.1. The molecule has 0 aromatic carbocycles. The van der Waals surface area contributed by atoms with E-state index in [0.717, 1.165) is 26.2 Å². The number of ether oxygens (including phenoxy) is 2. The van der Waals surface area contributed by atoms with Gasteiger partial charge in [0.1, 0.15) is 5.60 Å². The van der Waals surface area contributed by atoms with E-state index in [1.807, 2.05) is 6.92 Å². The highest BCUT2D eigenvalue weighted by atomic mass is 16.5. The van der Waals surface area contributed by atoms with E-state index in [1.165, 1.54) is 0 Å². The van der Waals surface area contributed by atoms with Gasteiger partial charge in [-0.3, -0.25) is 4.90 Å². The molecule has 2 heterocycles. The maximum Gasteiger partial charge on any atom is 0.207 e. The van der Waals surface area contributed by atoms with E-state index in [-0.39, 0.29) is 0 Å². The van der Waals surface area contributed by atoms with E-state index >= 15 is 0 Å². The molecule has 20 heavy (non-hydrogen) atoms. The number of nitrogens with one attached hydrogen (secondary N) is 1. The minimum Gasteiger partial charge on any atom is -0.384 e. The number of nitrogens with zero attached hydrogens (tertiary/aromatic N) is 4. The number of morpholine rings is 1. The lowest BCUT2D eigenvalue weighted by molar-refractivity contribution is -0.113. The van der Waals surface area contributed by atoms with Crippen molar-refractivity contribution >= 4 is 0 Å². The Bertz CT molecular complexity index is 397. The van der Waals surface area contributed by atoms with Crippen LogP contribution in [0.25, 0.3) is 0 Å². The largest absolute Gasteiger partial charge is 0.384 e. The van der Waals surface area contributed by atoms with Crippen LogP contribution in [-0.2, 0) is 15.1 Å². The molecule has 1 aromatic heterocycles. The standard InChI is InChI=1S/C13H25N5O2/c1-10(2)11(8-19-4)7-18-5-6-20-13(3,9-18)12-14-16-17-15-12/h10-11H,5-9H2,1-4H3,(H,14,15,16,17). The highest BCUT2D eigenvalue weighted by Crippen LogP contribution is 2.27. The van der Waals surface area contributed by atoms with E-state index in [4.69, 9.17) is 9.47 Å². The molecule has 0 amide bonds. The Balaban J connectivity index is 1.99. The van der Waals surface area contributed by atoms with Gasteiger partial charge in [-0.25, -0.2) is 0 Å². The molecule has 1 aliphatic rings. The van der Waals surface area contributed by atoms with Crippen LogP contribution in [0.3, 0.4) is 0 Å². The quantitative estimate of drug-likeness (QED) is 0.827. The van der Waals surface area contributed by atoms with Gasteiger partial charge in [0.15, 0.2) is 0 Å². The average Bonchev–Trinajstić information content (AvgIpc) is 2.93. The molecule has 2 atom stereocenters. The summed E-state index contributed by atoms with van der Waals surface area (Å²) in [4.78, 5) is 2.41. The second kappa shape index (κ2) is 6.60. The fraction of sp³-hybridized carbons (Fsp3) is 0.923. The summed E-state index contributed by atoms with van der Waals surface area (Å²) >= 11 is 0. The zero-order valence-electron chi connectivity index (χ0n) is 12.8. The van der Waals surface area contributed by atoms with Gasteiger partial charge in [-0.2, -0.15) is 5.21 Å². The number of rotatable bonds is 6. The molecule has 1 aliphatic heterocycles. The lowest BCUT2D eigenvalue weighted by Crippen LogP contribution is -2.50. The van der Waals surface area contributed by atoms with E-state index in [9.17, 15) is 0 Å². The molecule has 0 aliphatic carbocycles. The molecule has 2 rings (SSSR count). The number of methoxy groups -OCH3 is 1. The van der Waals surface area contributed by atoms with Crippen molar-refractivity contribution in [3.05, 3.63) is 5.82 Å². The molecule has 0 saturated carbocycles. The molecular weight excluding hydrogens is 258 g/mol. The molecule has 2 unspecified atom stereocenters. The molecular formula is C13H25N5O2. The summed E-state index contributed by atoms with van der Waals surface area (Å²) in [5.74, 6) is 1.73. The second-order valence-corrected chi connectivity index (χ2v) is 6.01. The topological polar surface area (TPSA) is 76.2 Å². The fourth-order valence-corrected chi connectivity index (χ4v) is 2.63. The van der Waals surface area contributed by atoms with Crippen LogP contribution in [0.1, 0.15) is 26.6 Å². The molecule has 1 N–H and O–H groups in total. The molecule has 7 heteroatoms. The number of hydrogen-bond acceptors (Lipinski definition) is 6. The summed E-state index contributed by atoms with van der Waals surface area (Å²) in [5.41, 5.74) is -0.486. The van der Waals surface area contributed by atoms with Crippen LogP contribution in [0.15, 0.2) is 0 Å². The van der Waals surface area contributed by atoms with Gasteiger partial charge in [-0.05, 0) is 18.8 Å². The third-order valence-electron chi connectivity index (χ3n) is 3.99. The number of tetrazole rings is 1. The maximum atomic E-state index is 5.88. The van der Waals surface area contributed by atoms with Crippen molar-refractivity contribution in [2.45, 2.75) is 26.4 Å². The van der Waals surface area contributed by atoms with Crippen molar-refractivity contribution < 1.29 is 9.47 Å². The average molecular weight is 283 g/mol. The van der Waals surface area contributed by atoms with Gasteiger partial charge in [0, 0.05) is 26.7 Å². The molecule has 1 saturated heterocycles. The van der Waals surface area contributed by atoms with Gasteiger partial charge in [0.25, 0.3) is 0 Å². The van der Waals surface area contributed by atoms with E-state index < -0.39 is 5.60 Å². The minimum absolute atomic E-state index is 0.486. The predicted octanol–water partition coefficient (Wildman–Crippen LogP) is 0.666. The number of aromatic amines is 1. The summed E-state index contributed by atoms with van der Waals surface area (Å²) in [5, 5.41) is 14.3. The van der Waals surface area contributed by atoms with Crippen molar-refractivity contribution in [2.75, 3.05) is 40.0 Å². The predicted molar refractivity (Wildman–Crippen MR) is 74.1 cm³/mol. The van der Waals surface area contributed by atoms with E-state index in [1.54, 1.807) is 7.11 Å². The Morgan fingerprint density at radius 2 is 2.30 bits per heavy atom. The molecule has 1 aromatic rings. The van der Waals surface area contributed by atoms with Crippen LogP contribution in [-0.4, -0.2) is 65.5 Å². The summed E-state index contributed by atoms with van der Waals surface area (Å²) < 4.78 is 11.2. The molecule has 1 fully saturated rings. The third-order valence-corrected chi connectivity index (χ3v) is 3.99. The van der Waals surface area contributed by atoms with Gasteiger partial charge in [-0.15, -0.1) is 10.2 Å². The maximum absolute atomic E-state index is 5.88. The number of aromatic nitrogens is 4. The van der Waals surface area contributed by atoms with Crippen molar-refractivity contribution in [1.29, 1.82) is 0 Å². The zero-order chi connectivity index (χ0) is 14.6. The monoisotopic (exact) mass is 283 g/mol. The Kier molecular flexibility index (Phi) is 5.06. The van der Waals surface area contributed by atoms with Gasteiger partial charge >= 0.3 is 0 Å². The molecule has 114 valence electrons. The van der Waals surface area contributed by atoms with Gasteiger partial charge < -0.3 is 9.47 Å². The smallest absolute Gasteiger partial charge is 0.207 e. The summed E-state index contributed by atoms with van der Waals surface area (Å²) in [6, 6.07) is 0. The molecule has 0 spiro atoms. The molecule has 0 bridgehead atoms. The second-order valence-electron chi connectivity index (χ2n) is 6.01.